The van der Waals surface area contributed by atoms with Crippen molar-refractivity contribution in [3.8, 4) is 0 Å². The number of carbonyl (C=O) groups excluding carboxylic acids is 1. The predicted molar refractivity (Wildman–Crippen MR) is 54.0 cm³/mol. The van der Waals surface area contributed by atoms with E-state index in [1.165, 1.54) is 23.1 Å². The highest BCUT2D eigenvalue weighted by Gasteiger charge is 2.06. The number of nitrogens with two attached hydrogens (primary N) is 1. The van der Waals surface area contributed by atoms with Crippen LogP contribution in [0.4, 0.5) is 4.39 Å². The third kappa shape index (κ3) is 2.22. The standard InChI is InChI=1S/C10H9FN4O/c11-8-3-1-7(2-4-8)5-15-6-13-10(14-15)9(12)16/h1-4,6H,5H2,(H2,12,16). The smallest absolute Gasteiger partial charge is 0.288 e. The van der Waals surface area contributed by atoms with Crippen LogP contribution in [0.25, 0.3) is 0 Å². The van der Waals surface area contributed by atoms with Crippen LogP contribution in [0.5, 0.6) is 0 Å². The number of rotatable bonds is 3. The lowest BCUT2D eigenvalue weighted by Gasteiger charge is -2.00. The Morgan fingerprint density at radius 2 is 2.06 bits per heavy atom. The molecule has 1 aromatic heterocycles. The van der Waals surface area contributed by atoms with Crippen LogP contribution in [-0.2, 0) is 6.54 Å². The van der Waals surface area contributed by atoms with E-state index in [-0.39, 0.29) is 11.6 Å². The highest BCUT2D eigenvalue weighted by atomic mass is 19.1. The van der Waals surface area contributed by atoms with E-state index >= 15 is 0 Å². The van der Waals surface area contributed by atoms with Crippen molar-refractivity contribution in [1.82, 2.24) is 14.8 Å². The first-order chi connectivity index (χ1) is 7.65. The first-order valence-corrected chi connectivity index (χ1v) is 4.59. The number of halogens is 1. The van der Waals surface area contributed by atoms with Gasteiger partial charge in [-0.2, -0.15) is 0 Å². The van der Waals surface area contributed by atoms with Gasteiger partial charge in [-0.05, 0) is 17.7 Å². The number of primary amides is 1. The number of carbonyl (C=O) groups is 1. The van der Waals surface area contributed by atoms with Crippen molar-refractivity contribution in [3.05, 3.63) is 47.8 Å². The van der Waals surface area contributed by atoms with E-state index in [1.807, 2.05) is 0 Å². The number of hydrogen-bond acceptors (Lipinski definition) is 3. The fraction of sp³-hybridized carbons (Fsp3) is 0.100. The zero-order chi connectivity index (χ0) is 11.5. The summed E-state index contributed by atoms with van der Waals surface area (Å²) >= 11 is 0. The maximum Gasteiger partial charge on any atom is 0.288 e. The molecule has 0 saturated heterocycles. The van der Waals surface area contributed by atoms with Gasteiger partial charge in [0, 0.05) is 0 Å². The zero-order valence-electron chi connectivity index (χ0n) is 8.30. The van der Waals surface area contributed by atoms with Gasteiger partial charge >= 0.3 is 0 Å². The lowest BCUT2D eigenvalue weighted by Crippen LogP contribution is -2.13. The normalized spacial score (nSPS) is 10.3. The fourth-order valence-electron chi connectivity index (χ4n) is 1.26. The van der Waals surface area contributed by atoms with Crippen molar-refractivity contribution < 1.29 is 9.18 Å². The molecule has 2 N–H and O–H groups in total. The van der Waals surface area contributed by atoms with Gasteiger partial charge < -0.3 is 5.73 Å². The monoisotopic (exact) mass is 220 g/mol. The van der Waals surface area contributed by atoms with E-state index in [0.717, 1.165) is 5.56 Å². The molecule has 0 spiro atoms. The summed E-state index contributed by atoms with van der Waals surface area (Å²) in [6.45, 7) is 0.417. The molecule has 0 aliphatic heterocycles. The van der Waals surface area contributed by atoms with Gasteiger partial charge in [-0.1, -0.05) is 12.1 Å². The van der Waals surface area contributed by atoms with Gasteiger partial charge in [0.1, 0.15) is 12.1 Å². The minimum Gasteiger partial charge on any atom is -0.363 e. The van der Waals surface area contributed by atoms with Crippen LogP contribution in [0.15, 0.2) is 30.6 Å². The van der Waals surface area contributed by atoms with E-state index in [2.05, 4.69) is 10.1 Å². The summed E-state index contributed by atoms with van der Waals surface area (Å²) in [6.07, 6.45) is 1.41. The highest BCUT2D eigenvalue weighted by Crippen LogP contribution is 2.04. The molecule has 5 nitrogen and oxygen atoms in total. The predicted octanol–water partition coefficient (Wildman–Crippen LogP) is 0.564. The van der Waals surface area contributed by atoms with Gasteiger partial charge in [-0.15, -0.1) is 5.10 Å². The SMILES string of the molecule is NC(=O)c1ncn(Cc2ccc(F)cc2)n1. The second-order valence-electron chi connectivity index (χ2n) is 3.26. The fourth-order valence-corrected chi connectivity index (χ4v) is 1.26. The Morgan fingerprint density at radius 1 is 1.38 bits per heavy atom. The third-order valence-corrected chi connectivity index (χ3v) is 2.01. The van der Waals surface area contributed by atoms with E-state index in [1.54, 1.807) is 12.1 Å². The van der Waals surface area contributed by atoms with Gasteiger partial charge in [0.15, 0.2) is 0 Å². The van der Waals surface area contributed by atoms with E-state index in [0.29, 0.717) is 6.54 Å². The van der Waals surface area contributed by atoms with E-state index < -0.39 is 5.91 Å². The molecule has 1 heterocycles. The molecule has 1 amide bonds. The summed E-state index contributed by atoms with van der Waals surface area (Å²) in [5.41, 5.74) is 5.88. The van der Waals surface area contributed by atoms with Gasteiger partial charge in [0.2, 0.25) is 5.82 Å². The molecule has 0 aliphatic carbocycles. The number of nitrogens with zero attached hydrogens (tertiary/aromatic N) is 3. The molecule has 0 atom stereocenters. The molecule has 0 unspecified atom stereocenters. The first kappa shape index (κ1) is 10.3. The maximum absolute atomic E-state index is 12.6. The quantitative estimate of drug-likeness (QED) is 0.821. The van der Waals surface area contributed by atoms with Crippen molar-refractivity contribution in [2.45, 2.75) is 6.54 Å². The van der Waals surface area contributed by atoms with Crippen molar-refractivity contribution in [2.75, 3.05) is 0 Å². The van der Waals surface area contributed by atoms with Crippen molar-refractivity contribution in [1.29, 1.82) is 0 Å². The number of hydrogen-bond donors (Lipinski definition) is 1. The molecule has 6 heteroatoms. The summed E-state index contributed by atoms with van der Waals surface area (Å²) in [4.78, 5) is 14.5. The minimum absolute atomic E-state index is 0.0258. The molecule has 0 saturated carbocycles. The Bertz CT molecular complexity index is 506. The van der Waals surface area contributed by atoms with E-state index in [4.69, 9.17) is 5.73 Å². The summed E-state index contributed by atoms with van der Waals surface area (Å²) in [7, 11) is 0. The topological polar surface area (TPSA) is 73.8 Å². The minimum atomic E-state index is -0.669. The van der Waals surface area contributed by atoms with Crippen molar-refractivity contribution >= 4 is 5.91 Å². The second-order valence-corrected chi connectivity index (χ2v) is 3.26. The average Bonchev–Trinajstić information content (AvgIpc) is 2.70. The van der Waals surface area contributed by atoms with Gasteiger partial charge in [-0.25, -0.2) is 14.1 Å². The van der Waals surface area contributed by atoms with Crippen LogP contribution in [0.1, 0.15) is 16.2 Å². The number of amides is 1. The van der Waals surface area contributed by atoms with Gasteiger partial charge in [0.05, 0.1) is 6.54 Å². The molecule has 16 heavy (non-hydrogen) atoms. The van der Waals surface area contributed by atoms with E-state index in [9.17, 15) is 9.18 Å². The Balaban J connectivity index is 2.14. The largest absolute Gasteiger partial charge is 0.363 e. The number of aromatic nitrogens is 3. The lowest BCUT2D eigenvalue weighted by atomic mass is 10.2. The molecule has 2 aromatic rings. The number of benzene rings is 1. The molecule has 0 radical (unpaired) electrons. The van der Waals surface area contributed by atoms with Gasteiger partial charge in [-0.3, -0.25) is 4.79 Å². The van der Waals surface area contributed by atoms with Gasteiger partial charge in [0.25, 0.3) is 5.91 Å². The Morgan fingerprint density at radius 3 is 2.62 bits per heavy atom. The molecular weight excluding hydrogens is 211 g/mol. The van der Waals surface area contributed by atoms with Crippen LogP contribution in [-0.4, -0.2) is 20.7 Å². The molecular formula is C10H9FN4O. The summed E-state index contributed by atoms with van der Waals surface area (Å²) < 4.78 is 14.1. The van der Waals surface area contributed by atoms with Crippen LogP contribution >= 0.6 is 0 Å². The molecule has 1 aromatic carbocycles. The Labute approximate surface area is 90.7 Å². The highest BCUT2D eigenvalue weighted by molar-refractivity contribution is 5.88. The second kappa shape index (κ2) is 4.09. The van der Waals surface area contributed by atoms with Crippen LogP contribution in [0.2, 0.25) is 0 Å². The van der Waals surface area contributed by atoms with Crippen molar-refractivity contribution in [3.63, 3.8) is 0 Å². The molecule has 0 bridgehead atoms. The van der Waals surface area contributed by atoms with Crippen LogP contribution in [0.3, 0.4) is 0 Å². The van der Waals surface area contributed by atoms with Crippen LogP contribution < -0.4 is 5.73 Å². The third-order valence-electron chi connectivity index (χ3n) is 2.01. The Hall–Kier alpha value is -2.24. The summed E-state index contributed by atoms with van der Waals surface area (Å²) in [5, 5.41) is 3.86. The van der Waals surface area contributed by atoms with Crippen molar-refractivity contribution in [2.24, 2.45) is 5.73 Å². The molecule has 0 aliphatic rings. The average molecular weight is 220 g/mol. The zero-order valence-corrected chi connectivity index (χ0v) is 8.30. The summed E-state index contributed by atoms with van der Waals surface area (Å²) in [6, 6.07) is 6.00. The molecule has 0 fully saturated rings. The molecule has 2 rings (SSSR count). The lowest BCUT2D eigenvalue weighted by molar-refractivity contribution is 0.0990. The first-order valence-electron chi connectivity index (χ1n) is 4.59. The Kier molecular flexibility index (Phi) is 2.63. The van der Waals surface area contributed by atoms with Crippen LogP contribution in [0, 0.1) is 5.82 Å². The maximum atomic E-state index is 12.6. The molecule has 82 valence electrons. The summed E-state index contributed by atoms with van der Waals surface area (Å²) in [5.74, 6) is -0.986.